The van der Waals surface area contributed by atoms with Crippen LogP contribution in [-0.4, -0.2) is 11.1 Å². The summed E-state index contributed by atoms with van der Waals surface area (Å²) in [4.78, 5) is 12.2. The van der Waals surface area contributed by atoms with Gasteiger partial charge in [0.15, 0.2) is 0 Å². The Kier molecular flexibility index (Phi) is 4.54. The number of benzene rings is 2. The van der Waals surface area contributed by atoms with E-state index in [0.717, 1.165) is 11.1 Å². The molecule has 0 radical (unpaired) electrons. The maximum atomic E-state index is 12.2. The second kappa shape index (κ2) is 6.75. The molecule has 1 aliphatic carbocycles. The summed E-state index contributed by atoms with van der Waals surface area (Å²) in [6.07, 6.45) is 5.03. The molecule has 0 heterocycles. The number of hydrogen-bond donors (Lipinski definition) is 2. The van der Waals surface area contributed by atoms with Crippen LogP contribution in [0, 0.1) is 0 Å². The lowest BCUT2D eigenvalue weighted by Gasteiger charge is -2.18. The summed E-state index contributed by atoms with van der Waals surface area (Å²) < 4.78 is 0. The molecule has 3 rings (SSSR count). The van der Waals surface area contributed by atoms with E-state index in [9.17, 15) is 4.79 Å². The standard InChI is InChI=1S/C19H21NO2/c21-19(20-22)18(15-9-2-1-3-10-15)17-12-6-11-16(13-17)14-7-4-5-8-14/h1-3,6,9-14,18,22H,4-5,7-8H2,(H,20,21). The number of nitrogens with one attached hydrogen (secondary N) is 1. The van der Waals surface area contributed by atoms with Gasteiger partial charge in [-0.2, -0.15) is 0 Å². The maximum Gasteiger partial charge on any atom is 0.255 e. The third-order valence-corrected chi connectivity index (χ3v) is 4.58. The van der Waals surface area contributed by atoms with E-state index in [1.165, 1.54) is 31.2 Å². The number of hydroxylamine groups is 1. The molecule has 2 N–H and O–H groups in total. The molecule has 0 aromatic heterocycles. The predicted octanol–water partition coefficient (Wildman–Crippen LogP) is 3.98. The molecular formula is C19H21NO2. The average molecular weight is 295 g/mol. The highest BCUT2D eigenvalue weighted by molar-refractivity contribution is 5.86. The van der Waals surface area contributed by atoms with Crippen LogP contribution in [0.5, 0.6) is 0 Å². The van der Waals surface area contributed by atoms with Crippen LogP contribution in [0.2, 0.25) is 0 Å². The Hall–Kier alpha value is -2.13. The summed E-state index contributed by atoms with van der Waals surface area (Å²) in [5.74, 6) is -0.268. The number of hydrogen-bond acceptors (Lipinski definition) is 2. The number of carbonyl (C=O) groups is 1. The van der Waals surface area contributed by atoms with Gasteiger partial charge in [0.1, 0.15) is 0 Å². The van der Waals surface area contributed by atoms with Gasteiger partial charge in [0.25, 0.3) is 5.91 Å². The lowest BCUT2D eigenvalue weighted by molar-refractivity contribution is -0.129. The van der Waals surface area contributed by atoms with E-state index in [4.69, 9.17) is 5.21 Å². The zero-order valence-corrected chi connectivity index (χ0v) is 12.5. The molecule has 1 aliphatic rings. The Bertz CT molecular complexity index is 633. The van der Waals surface area contributed by atoms with E-state index >= 15 is 0 Å². The number of carbonyl (C=O) groups excluding carboxylic acids is 1. The van der Waals surface area contributed by atoms with Crippen LogP contribution in [-0.2, 0) is 4.79 Å². The molecule has 2 aromatic rings. The lowest BCUT2D eigenvalue weighted by atomic mass is 9.87. The molecule has 0 bridgehead atoms. The van der Waals surface area contributed by atoms with Crippen LogP contribution in [0.4, 0.5) is 0 Å². The van der Waals surface area contributed by atoms with Crippen molar-refractivity contribution in [2.75, 3.05) is 0 Å². The minimum absolute atomic E-state index is 0.394. The van der Waals surface area contributed by atoms with Gasteiger partial charge >= 0.3 is 0 Å². The van der Waals surface area contributed by atoms with Crippen molar-refractivity contribution >= 4 is 5.91 Å². The van der Waals surface area contributed by atoms with Gasteiger partial charge in [-0.15, -0.1) is 0 Å². The molecule has 114 valence electrons. The number of amides is 1. The van der Waals surface area contributed by atoms with Crippen molar-refractivity contribution in [1.29, 1.82) is 0 Å². The second-order valence-electron chi connectivity index (χ2n) is 5.97. The summed E-state index contributed by atoms with van der Waals surface area (Å²) in [6, 6.07) is 17.8. The monoisotopic (exact) mass is 295 g/mol. The van der Waals surface area contributed by atoms with Gasteiger partial charge in [-0.25, -0.2) is 5.48 Å². The molecular weight excluding hydrogens is 274 g/mol. The largest absolute Gasteiger partial charge is 0.289 e. The molecule has 2 aromatic carbocycles. The van der Waals surface area contributed by atoms with Crippen LogP contribution in [0.3, 0.4) is 0 Å². The molecule has 22 heavy (non-hydrogen) atoms. The molecule has 0 saturated heterocycles. The first-order chi connectivity index (χ1) is 10.8. The maximum absolute atomic E-state index is 12.2. The lowest BCUT2D eigenvalue weighted by Crippen LogP contribution is -2.27. The van der Waals surface area contributed by atoms with Crippen molar-refractivity contribution in [2.24, 2.45) is 0 Å². The molecule has 3 nitrogen and oxygen atoms in total. The van der Waals surface area contributed by atoms with Gasteiger partial charge in [0, 0.05) is 0 Å². The van der Waals surface area contributed by atoms with Crippen LogP contribution in [0.1, 0.15) is 54.2 Å². The van der Waals surface area contributed by atoms with Crippen molar-refractivity contribution in [3.05, 3.63) is 71.3 Å². The second-order valence-corrected chi connectivity index (χ2v) is 5.97. The first-order valence-corrected chi connectivity index (χ1v) is 7.88. The summed E-state index contributed by atoms with van der Waals surface area (Å²) in [5, 5.41) is 9.11. The van der Waals surface area contributed by atoms with Crippen molar-refractivity contribution in [1.82, 2.24) is 5.48 Å². The Balaban J connectivity index is 1.97. The van der Waals surface area contributed by atoms with Gasteiger partial charge < -0.3 is 0 Å². The van der Waals surface area contributed by atoms with E-state index < -0.39 is 11.8 Å². The smallest absolute Gasteiger partial charge is 0.255 e. The molecule has 0 aliphatic heterocycles. The summed E-state index contributed by atoms with van der Waals surface area (Å²) >= 11 is 0. The van der Waals surface area contributed by atoms with E-state index in [0.29, 0.717) is 5.92 Å². The molecule has 1 saturated carbocycles. The van der Waals surface area contributed by atoms with Crippen LogP contribution >= 0.6 is 0 Å². The third-order valence-electron chi connectivity index (χ3n) is 4.58. The van der Waals surface area contributed by atoms with Gasteiger partial charge in [-0.3, -0.25) is 10.0 Å². The molecule has 1 unspecified atom stereocenters. The SMILES string of the molecule is O=C(NO)C(c1ccccc1)c1cccc(C2CCCC2)c1. The molecule has 3 heteroatoms. The Morgan fingerprint density at radius 2 is 1.68 bits per heavy atom. The highest BCUT2D eigenvalue weighted by atomic mass is 16.5. The topological polar surface area (TPSA) is 49.3 Å². The fourth-order valence-electron chi connectivity index (χ4n) is 3.46. The number of rotatable bonds is 4. The van der Waals surface area contributed by atoms with Crippen molar-refractivity contribution in [2.45, 2.75) is 37.5 Å². The van der Waals surface area contributed by atoms with Crippen molar-refractivity contribution in [3.63, 3.8) is 0 Å². The zero-order valence-electron chi connectivity index (χ0n) is 12.5. The normalized spacial score (nSPS) is 16.4. The first kappa shape index (κ1) is 14.8. The fourth-order valence-corrected chi connectivity index (χ4v) is 3.46. The summed E-state index contributed by atoms with van der Waals surface area (Å²) in [7, 11) is 0. The van der Waals surface area contributed by atoms with E-state index in [1.807, 2.05) is 47.9 Å². The van der Waals surface area contributed by atoms with Crippen LogP contribution < -0.4 is 5.48 Å². The van der Waals surface area contributed by atoms with Crippen molar-refractivity contribution < 1.29 is 10.0 Å². The third kappa shape index (κ3) is 3.04. The van der Waals surface area contributed by atoms with E-state index in [-0.39, 0.29) is 0 Å². The Morgan fingerprint density at radius 3 is 2.36 bits per heavy atom. The van der Waals surface area contributed by atoms with Gasteiger partial charge in [0.05, 0.1) is 5.92 Å². The summed E-state index contributed by atoms with van der Waals surface area (Å²) in [6.45, 7) is 0. The molecule has 1 atom stereocenters. The minimum atomic E-state index is -0.479. The zero-order chi connectivity index (χ0) is 15.4. The van der Waals surface area contributed by atoms with E-state index in [2.05, 4.69) is 12.1 Å². The Labute approximate surface area is 130 Å². The summed E-state index contributed by atoms with van der Waals surface area (Å²) in [5.41, 5.74) is 4.94. The van der Waals surface area contributed by atoms with Crippen LogP contribution in [0.15, 0.2) is 54.6 Å². The predicted molar refractivity (Wildman–Crippen MR) is 85.9 cm³/mol. The van der Waals surface area contributed by atoms with E-state index in [1.54, 1.807) is 0 Å². The van der Waals surface area contributed by atoms with Crippen molar-refractivity contribution in [3.8, 4) is 0 Å². The fraction of sp³-hybridized carbons (Fsp3) is 0.316. The van der Waals surface area contributed by atoms with Gasteiger partial charge in [-0.05, 0) is 35.4 Å². The highest BCUT2D eigenvalue weighted by Crippen LogP contribution is 2.36. The molecule has 0 spiro atoms. The van der Waals surface area contributed by atoms with Crippen LogP contribution in [0.25, 0.3) is 0 Å². The molecule has 1 fully saturated rings. The van der Waals surface area contributed by atoms with Gasteiger partial charge in [0.2, 0.25) is 0 Å². The molecule has 1 amide bonds. The quantitative estimate of drug-likeness (QED) is 0.662. The first-order valence-electron chi connectivity index (χ1n) is 7.88. The minimum Gasteiger partial charge on any atom is -0.289 e. The van der Waals surface area contributed by atoms with Gasteiger partial charge in [-0.1, -0.05) is 67.4 Å². The average Bonchev–Trinajstić information content (AvgIpc) is 3.11. The Morgan fingerprint density at radius 1 is 1.00 bits per heavy atom. The highest BCUT2D eigenvalue weighted by Gasteiger charge is 2.24.